The predicted octanol–water partition coefficient (Wildman–Crippen LogP) is 2.53. The maximum absolute atomic E-state index is 12.7. The van der Waals surface area contributed by atoms with E-state index in [0.29, 0.717) is 44.5 Å². The zero-order chi connectivity index (χ0) is 29.5. The molecule has 3 aliphatic rings. The van der Waals surface area contributed by atoms with E-state index in [9.17, 15) is 34.8 Å². The molecule has 0 aromatic carbocycles. The van der Waals surface area contributed by atoms with Crippen molar-refractivity contribution in [1.82, 2.24) is 9.88 Å². The number of aliphatic carboxylic acids is 2. The molecule has 0 aliphatic carbocycles. The van der Waals surface area contributed by atoms with Gasteiger partial charge >= 0.3 is 24.3 Å². The van der Waals surface area contributed by atoms with Gasteiger partial charge in [0, 0.05) is 44.5 Å². The highest BCUT2D eigenvalue weighted by Crippen LogP contribution is 2.46. The maximum atomic E-state index is 12.7. The molecule has 3 fully saturated rings. The second kappa shape index (κ2) is 13.2. The van der Waals surface area contributed by atoms with Gasteiger partial charge in [-0.2, -0.15) is 26.3 Å². The summed E-state index contributed by atoms with van der Waals surface area (Å²) in [6.45, 7) is 3.85. The van der Waals surface area contributed by atoms with Crippen molar-refractivity contribution in [2.24, 2.45) is 5.92 Å². The maximum Gasteiger partial charge on any atom is 0.490 e. The summed E-state index contributed by atoms with van der Waals surface area (Å²) < 4.78 is 99.6. The van der Waals surface area contributed by atoms with E-state index in [0.717, 1.165) is 31.7 Å². The zero-order valence-electron chi connectivity index (χ0n) is 20.4. The molecule has 3 aliphatic heterocycles. The van der Waals surface area contributed by atoms with Crippen LogP contribution in [0.2, 0.25) is 0 Å². The van der Waals surface area contributed by atoms with Crippen LogP contribution in [-0.2, 0) is 35.5 Å². The number of nitrogens with zero attached hydrogens (tertiary/aromatic N) is 2. The first-order valence-electron chi connectivity index (χ1n) is 11.6. The lowest BCUT2D eigenvalue weighted by molar-refractivity contribution is -0.193. The molecule has 4 heterocycles. The minimum Gasteiger partial charge on any atom is -0.475 e. The van der Waals surface area contributed by atoms with Gasteiger partial charge in [0.2, 0.25) is 0 Å². The molecule has 10 nitrogen and oxygen atoms in total. The van der Waals surface area contributed by atoms with Crippen molar-refractivity contribution in [3.05, 3.63) is 30.1 Å². The van der Waals surface area contributed by atoms with E-state index in [4.69, 9.17) is 29.3 Å². The number of carbonyl (C=O) groups is 2. The molecule has 1 aromatic heterocycles. The Labute approximate surface area is 219 Å². The molecule has 2 N–H and O–H groups in total. The summed E-state index contributed by atoms with van der Waals surface area (Å²) in [7, 11) is -3.03. The fourth-order valence-electron chi connectivity index (χ4n) is 4.45. The quantitative estimate of drug-likeness (QED) is 0.488. The molecule has 4 rings (SSSR count). The highest BCUT2D eigenvalue weighted by Gasteiger charge is 2.62. The molecule has 17 heteroatoms. The first kappa shape index (κ1) is 32.7. The molecule has 0 saturated carbocycles. The Kier molecular flexibility index (Phi) is 11.1. The van der Waals surface area contributed by atoms with Crippen molar-refractivity contribution in [2.45, 2.75) is 49.0 Å². The average Bonchev–Trinajstić information content (AvgIpc) is 3.09. The van der Waals surface area contributed by atoms with Gasteiger partial charge in [0.1, 0.15) is 4.75 Å². The van der Waals surface area contributed by atoms with E-state index in [1.165, 1.54) is 0 Å². The molecule has 1 spiro atoms. The number of likely N-dealkylation sites (tertiary alicyclic amines) is 1. The normalized spacial score (nSPS) is 22.6. The number of ether oxygens (including phenoxy) is 2. The lowest BCUT2D eigenvalue weighted by Gasteiger charge is -2.53. The monoisotopic (exact) mass is 594 g/mol. The van der Waals surface area contributed by atoms with Gasteiger partial charge in [-0.15, -0.1) is 0 Å². The summed E-state index contributed by atoms with van der Waals surface area (Å²) >= 11 is 0. The van der Waals surface area contributed by atoms with Crippen LogP contribution in [0.15, 0.2) is 24.4 Å². The number of pyridine rings is 1. The highest BCUT2D eigenvalue weighted by atomic mass is 32.2. The van der Waals surface area contributed by atoms with Gasteiger partial charge in [0.05, 0.1) is 24.7 Å². The highest BCUT2D eigenvalue weighted by molar-refractivity contribution is 7.93. The van der Waals surface area contributed by atoms with E-state index < -0.39 is 38.9 Å². The van der Waals surface area contributed by atoms with Crippen LogP contribution in [0.3, 0.4) is 0 Å². The molecule has 0 radical (unpaired) electrons. The molecule has 0 bridgehead atoms. The van der Waals surface area contributed by atoms with Crippen LogP contribution in [0.1, 0.15) is 25.0 Å². The fraction of sp³-hybridized carbons (Fsp3) is 0.682. The number of rotatable bonds is 5. The van der Waals surface area contributed by atoms with Crippen LogP contribution in [0, 0.1) is 5.92 Å². The number of alkyl halides is 6. The Balaban J connectivity index is 0.000000317. The first-order chi connectivity index (χ1) is 18.0. The second-order valence-corrected chi connectivity index (χ2v) is 11.5. The van der Waals surface area contributed by atoms with Crippen LogP contribution in [-0.4, -0.2) is 102 Å². The standard InChI is InChI=1S/C18H26N2O4S.2C2HF3O2/c21-25(22)10-6-15(11-24-12-16-3-1-2-7-19-16)18(25)13-20(14-18)17-4-8-23-9-5-17;2*3-2(4,5)1(6)7/h1-3,7,15,17H,4-6,8-14H2;2*(H,6,7). The van der Waals surface area contributed by atoms with Crippen molar-refractivity contribution in [2.75, 3.05) is 38.7 Å². The number of sulfone groups is 1. The summed E-state index contributed by atoms with van der Waals surface area (Å²) in [4.78, 5) is 24.4. The van der Waals surface area contributed by atoms with Crippen LogP contribution >= 0.6 is 0 Å². The Hall–Kier alpha value is -2.50. The zero-order valence-corrected chi connectivity index (χ0v) is 21.3. The smallest absolute Gasteiger partial charge is 0.475 e. The Morgan fingerprint density at radius 2 is 1.56 bits per heavy atom. The van der Waals surface area contributed by atoms with Crippen LogP contribution in [0.25, 0.3) is 0 Å². The number of carboxylic acids is 2. The topological polar surface area (TPSA) is 143 Å². The third-order valence-electron chi connectivity index (χ3n) is 6.53. The predicted molar refractivity (Wildman–Crippen MR) is 121 cm³/mol. The molecule has 3 saturated heterocycles. The first-order valence-corrected chi connectivity index (χ1v) is 13.3. The van der Waals surface area contributed by atoms with Crippen molar-refractivity contribution < 1.29 is 64.0 Å². The number of carboxylic acid groups (broad SMARTS) is 2. The van der Waals surface area contributed by atoms with Crippen molar-refractivity contribution >= 4 is 21.8 Å². The van der Waals surface area contributed by atoms with Crippen molar-refractivity contribution in [3.8, 4) is 0 Å². The van der Waals surface area contributed by atoms with Crippen molar-refractivity contribution in [3.63, 3.8) is 0 Å². The summed E-state index contributed by atoms with van der Waals surface area (Å²) in [5.41, 5.74) is 0.884. The second-order valence-electron chi connectivity index (χ2n) is 9.06. The fourth-order valence-corrected chi connectivity index (χ4v) is 6.87. The van der Waals surface area contributed by atoms with Crippen LogP contribution < -0.4 is 0 Å². The SMILES string of the molecule is O=C(O)C(F)(F)F.O=C(O)C(F)(F)F.O=S1(=O)CCC(COCc2ccccn2)C12CN(C1CCOCC1)C2. The van der Waals surface area contributed by atoms with Crippen LogP contribution in [0.4, 0.5) is 26.3 Å². The Morgan fingerprint density at radius 3 is 2.03 bits per heavy atom. The van der Waals surface area contributed by atoms with E-state index in [1.807, 2.05) is 18.2 Å². The van der Waals surface area contributed by atoms with Gasteiger partial charge in [-0.05, 0) is 31.4 Å². The Morgan fingerprint density at radius 1 is 1.03 bits per heavy atom. The van der Waals surface area contributed by atoms with E-state index in [1.54, 1.807) is 6.20 Å². The van der Waals surface area contributed by atoms with Gasteiger partial charge in [-0.25, -0.2) is 18.0 Å². The van der Waals surface area contributed by atoms with Gasteiger partial charge in [0.25, 0.3) is 0 Å². The van der Waals surface area contributed by atoms with E-state index in [2.05, 4.69) is 9.88 Å². The summed E-state index contributed by atoms with van der Waals surface area (Å²) in [6.07, 6.45) is -5.68. The summed E-state index contributed by atoms with van der Waals surface area (Å²) in [5, 5.41) is 14.2. The minimum absolute atomic E-state index is 0.0947. The summed E-state index contributed by atoms with van der Waals surface area (Å²) in [6, 6.07) is 6.22. The average molecular weight is 595 g/mol. The molecular weight excluding hydrogens is 566 g/mol. The number of hydrogen-bond acceptors (Lipinski definition) is 8. The lowest BCUT2D eigenvalue weighted by Crippen LogP contribution is -2.70. The molecule has 1 aromatic rings. The Bertz CT molecular complexity index is 1030. The number of aromatic nitrogens is 1. The molecule has 0 amide bonds. The van der Waals surface area contributed by atoms with Gasteiger partial charge < -0.3 is 19.7 Å². The van der Waals surface area contributed by atoms with E-state index >= 15 is 0 Å². The minimum atomic E-state index is -5.08. The molecular formula is C22H28F6N2O8S. The van der Waals surface area contributed by atoms with Gasteiger partial charge in [-0.3, -0.25) is 9.88 Å². The van der Waals surface area contributed by atoms with Gasteiger partial charge in [0.15, 0.2) is 9.84 Å². The molecule has 1 unspecified atom stereocenters. The van der Waals surface area contributed by atoms with Crippen molar-refractivity contribution in [1.29, 1.82) is 0 Å². The van der Waals surface area contributed by atoms with E-state index in [-0.39, 0.29) is 5.92 Å². The third-order valence-corrected chi connectivity index (χ3v) is 9.13. The molecule has 39 heavy (non-hydrogen) atoms. The summed E-state index contributed by atoms with van der Waals surface area (Å²) in [5.74, 6) is -5.12. The molecule has 222 valence electrons. The van der Waals surface area contributed by atoms with Crippen LogP contribution in [0.5, 0.6) is 0 Å². The largest absolute Gasteiger partial charge is 0.490 e. The lowest BCUT2D eigenvalue weighted by atomic mass is 9.82. The number of hydrogen-bond donors (Lipinski definition) is 2. The molecule has 1 atom stereocenters. The van der Waals surface area contributed by atoms with Gasteiger partial charge in [-0.1, -0.05) is 6.07 Å². The number of halogens is 6. The third kappa shape index (κ3) is 9.01.